The summed E-state index contributed by atoms with van der Waals surface area (Å²) in [4.78, 5) is 0. The van der Waals surface area contributed by atoms with Gasteiger partial charge in [0.15, 0.2) is 11.6 Å². The first-order chi connectivity index (χ1) is 8.66. The molecule has 0 radical (unpaired) electrons. The van der Waals surface area contributed by atoms with Crippen molar-refractivity contribution in [3.05, 3.63) is 47.5 Å². The van der Waals surface area contributed by atoms with Crippen molar-refractivity contribution in [1.82, 2.24) is 15.1 Å². The van der Waals surface area contributed by atoms with E-state index in [9.17, 15) is 9.50 Å². The molecule has 2 aromatic rings. The highest BCUT2D eigenvalue weighted by molar-refractivity contribution is 5.33. The molecular weight excluding hydrogens is 233 g/mol. The number of phenolic OH excluding ortho intramolecular Hbond substituents is 1. The molecule has 2 rings (SSSR count). The minimum atomic E-state index is -0.584. The molecule has 0 spiro atoms. The molecule has 5 heteroatoms. The Hall–Kier alpha value is -1.88. The Bertz CT molecular complexity index is 525. The van der Waals surface area contributed by atoms with Crippen LogP contribution in [-0.4, -0.2) is 21.4 Å². The topological polar surface area (TPSA) is 50.1 Å². The van der Waals surface area contributed by atoms with Crippen molar-refractivity contribution in [1.29, 1.82) is 0 Å². The lowest BCUT2D eigenvalue weighted by Crippen LogP contribution is -2.17. The number of nitrogens with zero attached hydrogens (tertiary/aromatic N) is 2. The SMILES string of the molecule is Cn1ccc(CCNCc2cccc(F)c2O)n1. The van der Waals surface area contributed by atoms with Crippen LogP contribution in [0, 0.1) is 5.82 Å². The Morgan fingerprint density at radius 2 is 2.22 bits per heavy atom. The molecule has 1 heterocycles. The second kappa shape index (κ2) is 5.64. The van der Waals surface area contributed by atoms with E-state index in [4.69, 9.17) is 0 Å². The van der Waals surface area contributed by atoms with Crippen LogP contribution in [0.1, 0.15) is 11.3 Å². The lowest BCUT2D eigenvalue weighted by atomic mass is 10.2. The third-order valence-corrected chi connectivity index (χ3v) is 2.71. The number of rotatable bonds is 5. The highest BCUT2D eigenvalue weighted by Gasteiger charge is 2.05. The van der Waals surface area contributed by atoms with Gasteiger partial charge in [0, 0.05) is 38.3 Å². The fourth-order valence-electron chi connectivity index (χ4n) is 1.74. The monoisotopic (exact) mass is 249 g/mol. The van der Waals surface area contributed by atoms with Crippen molar-refractivity contribution in [3.8, 4) is 5.75 Å². The summed E-state index contributed by atoms with van der Waals surface area (Å²) in [5.41, 5.74) is 1.57. The number of aromatic hydroxyl groups is 1. The second-order valence-electron chi connectivity index (χ2n) is 4.16. The number of hydrogen-bond donors (Lipinski definition) is 2. The molecule has 0 atom stereocenters. The summed E-state index contributed by atoms with van der Waals surface area (Å²) in [5, 5.41) is 16.9. The number of benzene rings is 1. The first-order valence-corrected chi connectivity index (χ1v) is 5.82. The van der Waals surface area contributed by atoms with Gasteiger partial charge < -0.3 is 10.4 Å². The average Bonchev–Trinajstić information content (AvgIpc) is 2.76. The first kappa shape index (κ1) is 12.6. The molecule has 0 aliphatic heterocycles. The Morgan fingerprint density at radius 3 is 2.94 bits per heavy atom. The van der Waals surface area contributed by atoms with E-state index in [0.29, 0.717) is 12.1 Å². The van der Waals surface area contributed by atoms with E-state index >= 15 is 0 Å². The zero-order valence-corrected chi connectivity index (χ0v) is 10.2. The third-order valence-electron chi connectivity index (χ3n) is 2.71. The lowest BCUT2D eigenvalue weighted by Gasteiger charge is -2.06. The number of aromatic nitrogens is 2. The molecule has 18 heavy (non-hydrogen) atoms. The van der Waals surface area contributed by atoms with Crippen LogP contribution in [-0.2, 0) is 20.0 Å². The van der Waals surface area contributed by atoms with Gasteiger partial charge in [0.05, 0.1) is 5.69 Å². The molecule has 0 bridgehead atoms. The maximum absolute atomic E-state index is 13.1. The molecule has 4 nitrogen and oxygen atoms in total. The van der Waals surface area contributed by atoms with Crippen LogP contribution in [0.15, 0.2) is 30.5 Å². The Balaban J connectivity index is 1.80. The Kier molecular flexibility index (Phi) is 3.94. The number of nitrogens with one attached hydrogen (secondary N) is 1. The molecule has 1 aromatic heterocycles. The fraction of sp³-hybridized carbons (Fsp3) is 0.308. The zero-order chi connectivity index (χ0) is 13.0. The predicted molar refractivity (Wildman–Crippen MR) is 66.7 cm³/mol. The van der Waals surface area contributed by atoms with Gasteiger partial charge in [-0.05, 0) is 12.1 Å². The molecule has 1 aromatic carbocycles. The lowest BCUT2D eigenvalue weighted by molar-refractivity contribution is 0.423. The summed E-state index contributed by atoms with van der Waals surface area (Å²) in [7, 11) is 1.88. The van der Waals surface area contributed by atoms with Crippen molar-refractivity contribution in [2.75, 3.05) is 6.54 Å². The summed E-state index contributed by atoms with van der Waals surface area (Å²) in [6, 6.07) is 6.49. The minimum absolute atomic E-state index is 0.275. The van der Waals surface area contributed by atoms with Crippen LogP contribution in [0.3, 0.4) is 0 Å². The van der Waals surface area contributed by atoms with Gasteiger partial charge in [-0.1, -0.05) is 12.1 Å². The smallest absolute Gasteiger partial charge is 0.165 e. The summed E-state index contributed by atoms with van der Waals surface area (Å²) in [6.45, 7) is 1.17. The van der Waals surface area contributed by atoms with Gasteiger partial charge in [0.2, 0.25) is 0 Å². The number of hydrogen-bond acceptors (Lipinski definition) is 3. The van der Waals surface area contributed by atoms with Gasteiger partial charge in [-0.25, -0.2) is 4.39 Å². The van der Waals surface area contributed by atoms with Crippen molar-refractivity contribution < 1.29 is 9.50 Å². The second-order valence-corrected chi connectivity index (χ2v) is 4.16. The van der Waals surface area contributed by atoms with Crippen LogP contribution < -0.4 is 5.32 Å². The summed E-state index contributed by atoms with van der Waals surface area (Å²) >= 11 is 0. The quantitative estimate of drug-likeness (QED) is 0.791. The van der Waals surface area contributed by atoms with Crippen LogP contribution >= 0.6 is 0 Å². The highest BCUT2D eigenvalue weighted by Crippen LogP contribution is 2.20. The summed E-state index contributed by atoms with van der Waals surface area (Å²) < 4.78 is 14.8. The van der Waals surface area contributed by atoms with Gasteiger partial charge in [0.1, 0.15) is 0 Å². The van der Waals surface area contributed by atoms with E-state index in [-0.39, 0.29) is 5.75 Å². The van der Waals surface area contributed by atoms with Crippen LogP contribution in [0.5, 0.6) is 5.75 Å². The Labute approximate surface area is 105 Å². The number of halogens is 1. The van der Waals surface area contributed by atoms with E-state index in [1.165, 1.54) is 6.07 Å². The first-order valence-electron chi connectivity index (χ1n) is 5.82. The van der Waals surface area contributed by atoms with Gasteiger partial charge >= 0.3 is 0 Å². The maximum atomic E-state index is 13.1. The van der Waals surface area contributed by atoms with Crippen molar-refractivity contribution in [3.63, 3.8) is 0 Å². The van der Waals surface area contributed by atoms with Crippen molar-refractivity contribution in [2.24, 2.45) is 7.05 Å². The third kappa shape index (κ3) is 3.07. The van der Waals surface area contributed by atoms with Gasteiger partial charge in [-0.3, -0.25) is 4.68 Å². The van der Waals surface area contributed by atoms with E-state index < -0.39 is 5.82 Å². The molecule has 2 N–H and O–H groups in total. The van der Waals surface area contributed by atoms with Crippen LogP contribution in [0.2, 0.25) is 0 Å². The molecule has 0 unspecified atom stereocenters. The molecular formula is C13H16FN3O. The normalized spacial score (nSPS) is 10.8. The van der Waals surface area contributed by atoms with Crippen molar-refractivity contribution >= 4 is 0 Å². The van der Waals surface area contributed by atoms with Gasteiger partial charge in [-0.15, -0.1) is 0 Å². The Morgan fingerprint density at radius 1 is 1.39 bits per heavy atom. The summed E-state index contributed by atoms with van der Waals surface area (Å²) in [6.07, 6.45) is 2.70. The van der Waals surface area contributed by atoms with Crippen LogP contribution in [0.25, 0.3) is 0 Å². The molecule has 0 amide bonds. The average molecular weight is 249 g/mol. The van der Waals surface area contributed by atoms with E-state index in [2.05, 4.69) is 10.4 Å². The van der Waals surface area contributed by atoms with E-state index in [1.54, 1.807) is 16.8 Å². The molecule has 0 saturated carbocycles. The fourth-order valence-corrected chi connectivity index (χ4v) is 1.74. The van der Waals surface area contributed by atoms with E-state index in [0.717, 1.165) is 18.7 Å². The zero-order valence-electron chi connectivity index (χ0n) is 10.2. The minimum Gasteiger partial charge on any atom is -0.505 e. The molecule has 0 saturated heterocycles. The van der Waals surface area contributed by atoms with E-state index in [1.807, 2.05) is 19.3 Å². The van der Waals surface area contributed by atoms with Crippen molar-refractivity contribution in [2.45, 2.75) is 13.0 Å². The molecule has 96 valence electrons. The molecule has 0 fully saturated rings. The number of phenols is 1. The van der Waals surface area contributed by atoms with Gasteiger partial charge in [0.25, 0.3) is 0 Å². The van der Waals surface area contributed by atoms with Gasteiger partial charge in [-0.2, -0.15) is 5.10 Å². The predicted octanol–water partition coefficient (Wildman–Crippen LogP) is 1.60. The highest BCUT2D eigenvalue weighted by atomic mass is 19.1. The van der Waals surface area contributed by atoms with Crippen LogP contribution in [0.4, 0.5) is 4.39 Å². The standard InChI is InChI=1S/C13H16FN3O/c1-17-8-6-11(16-17)5-7-15-9-10-3-2-4-12(14)13(10)18/h2-4,6,8,15,18H,5,7,9H2,1H3. The number of aryl methyl sites for hydroxylation is 1. The molecule has 0 aliphatic carbocycles. The largest absolute Gasteiger partial charge is 0.505 e. The molecule has 0 aliphatic rings. The summed E-state index contributed by atoms with van der Waals surface area (Å²) in [5.74, 6) is -0.859. The maximum Gasteiger partial charge on any atom is 0.165 e. The number of para-hydroxylation sites is 1.